The lowest BCUT2D eigenvalue weighted by molar-refractivity contribution is 0.00695. The lowest BCUT2D eigenvalue weighted by atomic mass is 10.1. The van der Waals surface area contributed by atoms with E-state index in [1.807, 2.05) is 63.2 Å². The molecule has 0 aliphatic rings. The molecule has 0 bridgehead atoms. The first kappa shape index (κ1) is 20.1. The molecule has 0 unspecified atom stereocenters. The number of esters is 1. The minimum atomic E-state index is -0.514. The van der Waals surface area contributed by atoms with Gasteiger partial charge in [0, 0.05) is 18.0 Å². The molecular weight excluding hydrogens is 358 g/mol. The SMILES string of the molecule is CC(C)(C)OC(=O)c1ccc(C#Cc2cnccc2C=Cc2ccccc2)cc1. The Hall–Kier alpha value is -3.64. The maximum atomic E-state index is 12.1. The number of benzene rings is 2. The maximum absolute atomic E-state index is 12.1. The first-order valence-corrected chi connectivity index (χ1v) is 9.43. The van der Waals surface area contributed by atoms with E-state index in [1.165, 1.54) is 0 Å². The van der Waals surface area contributed by atoms with Gasteiger partial charge in [0.05, 0.1) is 11.1 Å². The van der Waals surface area contributed by atoms with Crippen LogP contribution in [0.25, 0.3) is 12.2 Å². The molecule has 3 rings (SSSR count). The van der Waals surface area contributed by atoms with Crippen LogP contribution in [0, 0.1) is 11.8 Å². The lowest BCUT2D eigenvalue weighted by Crippen LogP contribution is -2.23. The van der Waals surface area contributed by atoms with Gasteiger partial charge in [-0.25, -0.2) is 4.79 Å². The van der Waals surface area contributed by atoms with Gasteiger partial charge in [0.1, 0.15) is 5.60 Å². The van der Waals surface area contributed by atoms with Crippen LogP contribution in [-0.4, -0.2) is 16.6 Å². The smallest absolute Gasteiger partial charge is 0.338 e. The molecule has 0 amide bonds. The van der Waals surface area contributed by atoms with Crippen molar-refractivity contribution in [3.05, 3.63) is 101 Å². The summed E-state index contributed by atoms with van der Waals surface area (Å²) in [6, 6.07) is 19.2. The second-order valence-corrected chi connectivity index (χ2v) is 7.54. The van der Waals surface area contributed by atoms with Crippen molar-refractivity contribution in [2.45, 2.75) is 26.4 Å². The summed E-state index contributed by atoms with van der Waals surface area (Å²) in [6.45, 7) is 5.55. The Morgan fingerprint density at radius 1 is 0.931 bits per heavy atom. The molecule has 0 fully saturated rings. The van der Waals surface area contributed by atoms with E-state index >= 15 is 0 Å². The molecule has 0 aliphatic carbocycles. The van der Waals surface area contributed by atoms with Crippen LogP contribution in [0.1, 0.15) is 53.4 Å². The molecule has 3 heteroatoms. The van der Waals surface area contributed by atoms with Crippen molar-refractivity contribution in [3.63, 3.8) is 0 Å². The molecule has 0 saturated heterocycles. The van der Waals surface area contributed by atoms with Crippen LogP contribution in [0.5, 0.6) is 0 Å². The van der Waals surface area contributed by atoms with Gasteiger partial charge >= 0.3 is 5.97 Å². The zero-order chi connectivity index (χ0) is 20.7. The fraction of sp³-hybridized carbons (Fsp3) is 0.154. The van der Waals surface area contributed by atoms with Crippen LogP contribution in [0.4, 0.5) is 0 Å². The summed E-state index contributed by atoms with van der Waals surface area (Å²) in [5.74, 6) is 5.98. The van der Waals surface area contributed by atoms with Crippen LogP contribution in [0.15, 0.2) is 73.1 Å². The normalized spacial score (nSPS) is 11.0. The summed E-state index contributed by atoms with van der Waals surface area (Å²) >= 11 is 0. The van der Waals surface area contributed by atoms with E-state index in [2.05, 4.69) is 35.0 Å². The zero-order valence-corrected chi connectivity index (χ0v) is 16.8. The molecule has 0 spiro atoms. The summed E-state index contributed by atoms with van der Waals surface area (Å²) in [5.41, 5.74) is 3.79. The minimum absolute atomic E-state index is 0.336. The third-order valence-electron chi connectivity index (χ3n) is 3.97. The van der Waals surface area contributed by atoms with Crippen molar-refractivity contribution < 1.29 is 9.53 Å². The number of aromatic nitrogens is 1. The van der Waals surface area contributed by atoms with Crippen LogP contribution in [0.3, 0.4) is 0 Å². The van der Waals surface area contributed by atoms with Crippen molar-refractivity contribution in [1.29, 1.82) is 0 Å². The predicted molar refractivity (Wildman–Crippen MR) is 117 cm³/mol. The van der Waals surface area contributed by atoms with Crippen LogP contribution < -0.4 is 0 Å². The highest BCUT2D eigenvalue weighted by Gasteiger charge is 2.17. The fourth-order valence-corrected chi connectivity index (χ4v) is 2.57. The molecule has 3 aromatic rings. The van der Waals surface area contributed by atoms with Gasteiger partial charge in [-0.05, 0) is 62.2 Å². The Morgan fingerprint density at radius 2 is 1.66 bits per heavy atom. The highest BCUT2D eigenvalue weighted by molar-refractivity contribution is 5.89. The molecule has 0 radical (unpaired) electrons. The Labute approximate surface area is 172 Å². The Kier molecular flexibility index (Phi) is 6.26. The molecule has 3 nitrogen and oxygen atoms in total. The average Bonchev–Trinajstić information content (AvgIpc) is 2.71. The Balaban J connectivity index is 1.77. The number of carbonyl (C=O) groups excluding carboxylic acids is 1. The Morgan fingerprint density at radius 3 is 2.34 bits per heavy atom. The van der Waals surface area contributed by atoms with Crippen LogP contribution in [-0.2, 0) is 4.74 Å². The number of pyridine rings is 1. The van der Waals surface area contributed by atoms with Crippen molar-refractivity contribution in [1.82, 2.24) is 4.98 Å². The van der Waals surface area contributed by atoms with E-state index in [4.69, 9.17) is 4.74 Å². The second kappa shape index (κ2) is 9.03. The molecule has 1 aromatic heterocycles. The number of rotatable bonds is 3. The van der Waals surface area contributed by atoms with E-state index in [9.17, 15) is 4.79 Å². The number of nitrogens with zero attached hydrogens (tertiary/aromatic N) is 1. The minimum Gasteiger partial charge on any atom is -0.456 e. The van der Waals surface area contributed by atoms with Gasteiger partial charge in [-0.1, -0.05) is 54.3 Å². The van der Waals surface area contributed by atoms with E-state index in [-0.39, 0.29) is 5.97 Å². The first-order valence-electron chi connectivity index (χ1n) is 9.43. The average molecular weight is 381 g/mol. The first-order chi connectivity index (χ1) is 13.9. The highest BCUT2D eigenvalue weighted by atomic mass is 16.6. The van der Waals surface area contributed by atoms with E-state index in [1.54, 1.807) is 24.5 Å². The van der Waals surface area contributed by atoms with Crippen molar-refractivity contribution in [2.75, 3.05) is 0 Å². The second-order valence-electron chi connectivity index (χ2n) is 7.54. The van der Waals surface area contributed by atoms with E-state index < -0.39 is 5.60 Å². The van der Waals surface area contributed by atoms with Gasteiger partial charge in [-0.2, -0.15) is 0 Å². The summed E-state index contributed by atoms with van der Waals surface area (Å²) in [7, 11) is 0. The van der Waals surface area contributed by atoms with Gasteiger partial charge < -0.3 is 4.74 Å². The van der Waals surface area contributed by atoms with E-state index in [0.717, 1.165) is 22.3 Å². The monoisotopic (exact) mass is 381 g/mol. The van der Waals surface area contributed by atoms with Gasteiger partial charge in [0.2, 0.25) is 0 Å². The topological polar surface area (TPSA) is 39.2 Å². The van der Waals surface area contributed by atoms with Crippen LogP contribution in [0.2, 0.25) is 0 Å². The van der Waals surface area contributed by atoms with Gasteiger partial charge in [-0.15, -0.1) is 0 Å². The van der Waals surface area contributed by atoms with Crippen LogP contribution >= 0.6 is 0 Å². The predicted octanol–water partition coefficient (Wildman–Crippen LogP) is 5.61. The molecule has 2 aromatic carbocycles. The van der Waals surface area contributed by atoms with E-state index in [0.29, 0.717) is 5.56 Å². The van der Waals surface area contributed by atoms with Crippen molar-refractivity contribution in [3.8, 4) is 11.8 Å². The van der Waals surface area contributed by atoms with Crippen molar-refractivity contribution >= 4 is 18.1 Å². The van der Waals surface area contributed by atoms with Gasteiger partial charge in [0.25, 0.3) is 0 Å². The molecule has 29 heavy (non-hydrogen) atoms. The Bertz CT molecular complexity index is 1060. The molecule has 0 saturated carbocycles. The standard InChI is InChI=1S/C26H23NO2/c1-26(2,3)29-25(28)23-14-10-21(11-15-23)12-16-24-19-27-18-17-22(24)13-9-20-7-5-4-6-8-20/h4-11,13-15,17-19H,1-3H3. The summed E-state index contributed by atoms with van der Waals surface area (Å²) in [5, 5.41) is 0. The lowest BCUT2D eigenvalue weighted by Gasteiger charge is -2.19. The van der Waals surface area contributed by atoms with Gasteiger partial charge in [-0.3, -0.25) is 4.98 Å². The number of ether oxygens (including phenoxy) is 1. The number of hydrogen-bond donors (Lipinski definition) is 0. The molecule has 0 N–H and O–H groups in total. The summed E-state index contributed by atoms with van der Waals surface area (Å²) in [6.07, 6.45) is 7.60. The molecule has 144 valence electrons. The number of carbonyl (C=O) groups is 1. The quantitative estimate of drug-likeness (QED) is 0.437. The number of hydrogen-bond acceptors (Lipinski definition) is 3. The van der Waals surface area contributed by atoms with Gasteiger partial charge in [0.15, 0.2) is 0 Å². The van der Waals surface area contributed by atoms with Crippen molar-refractivity contribution in [2.24, 2.45) is 0 Å². The molecule has 1 heterocycles. The maximum Gasteiger partial charge on any atom is 0.338 e. The summed E-state index contributed by atoms with van der Waals surface area (Å²) in [4.78, 5) is 16.3. The third-order valence-corrected chi connectivity index (χ3v) is 3.97. The molecule has 0 aliphatic heterocycles. The highest BCUT2D eigenvalue weighted by Crippen LogP contribution is 2.14. The molecule has 0 atom stereocenters. The largest absolute Gasteiger partial charge is 0.456 e. The molecular formula is C26H23NO2. The summed E-state index contributed by atoms with van der Waals surface area (Å²) < 4.78 is 5.38. The zero-order valence-electron chi connectivity index (χ0n) is 16.8. The fourth-order valence-electron chi connectivity index (χ4n) is 2.57. The third kappa shape index (κ3) is 6.19.